The van der Waals surface area contributed by atoms with Crippen molar-refractivity contribution in [1.29, 1.82) is 0 Å². The molecular formula is C19H29ClN2O3. The Morgan fingerprint density at radius 3 is 2.64 bits per heavy atom. The molecule has 3 rings (SSSR count). The van der Waals surface area contributed by atoms with Crippen molar-refractivity contribution in [3.8, 4) is 11.5 Å². The van der Waals surface area contributed by atoms with E-state index in [0.717, 1.165) is 24.3 Å². The Bertz CT molecular complexity index is 524. The number of amides is 1. The maximum Gasteiger partial charge on any atom is 0.237 e. The quantitative estimate of drug-likeness (QED) is 0.726. The number of methoxy groups -OCH3 is 1. The molecule has 0 spiro atoms. The van der Waals surface area contributed by atoms with Gasteiger partial charge in [-0.3, -0.25) is 4.79 Å². The molecule has 140 valence electrons. The number of hydrogen-bond donors (Lipinski definition) is 2. The lowest BCUT2D eigenvalue weighted by Crippen LogP contribution is -2.43. The molecule has 1 saturated carbocycles. The highest BCUT2D eigenvalue weighted by Gasteiger charge is 2.37. The van der Waals surface area contributed by atoms with Gasteiger partial charge in [0.1, 0.15) is 11.5 Å². The number of nitrogens with one attached hydrogen (secondary N) is 2. The van der Waals surface area contributed by atoms with Gasteiger partial charge in [0.2, 0.25) is 5.91 Å². The van der Waals surface area contributed by atoms with Crippen LogP contribution < -0.4 is 20.1 Å². The van der Waals surface area contributed by atoms with Gasteiger partial charge in [0.15, 0.2) is 0 Å². The molecule has 1 aliphatic heterocycles. The van der Waals surface area contributed by atoms with Gasteiger partial charge in [-0.1, -0.05) is 12.8 Å². The minimum atomic E-state index is 0. The number of hydrogen-bond acceptors (Lipinski definition) is 4. The van der Waals surface area contributed by atoms with Gasteiger partial charge < -0.3 is 20.1 Å². The summed E-state index contributed by atoms with van der Waals surface area (Å²) in [4.78, 5) is 12.3. The van der Waals surface area contributed by atoms with Gasteiger partial charge in [-0.2, -0.15) is 0 Å². The van der Waals surface area contributed by atoms with Crippen molar-refractivity contribution >= 4 is 18.3 Å². The summed E-state index contributed by atoms with van der Waals surface area (Å²) >= 11 is 0. The Balaban J connectivity index is 0.00000225. The molecule has 2 N–H and O–H groups in total. The van der Waals surface area contributed by atoms with Crippen LogP contribution in [0.3, 0.4) is 0 Å². The van der Waals surface area contributed by atoms with Gasteiger partial charge in [-0.25, -0.2) is 0 Å². The molecule has 1 aromatic carbocycles. The minimum absolute atomic E-state index is 0. The van der Waals surface area contributed by atoms with Crippen LogP contribution in [0.2, 0.25) is 0 Å². The fourth-order valence-electron chi connectivity index (χ4n) is 3.79. The minimum Gasteiger partial charge on any atom is -0.497 e. The van der Waals surface area contributed by atoms with Gasteiger partial charge in [0.05, 0.1) is 19.8 Å². The number of rotatable bonds is 7. The lowest BCUT2D eigenvalue weighted by atomic mass is 9.85. The molecule has 1 saturated heterocycles. The zero-order chi connectivity index (χ0) is 16.8. The Labute approximate surface area is 156 Å². The average Bonchev–Trinajstić information content (AvgIpc) is 3.06. The van der Waals surface area contributed by atoms with E-state index in [4.69, 9.17) is 9.47 Å². The molecule has 0 aromatic heterocycles. The molecule has 1 heterocycles. The van der Waals surface area contributed by atoms with E-state index in [2.05, 4.69) is 10.6 Å². The lowest BCUT2D eigenvalue weighted by molar-refractivity contribution is -0.122. The summed E-state index contributed by atoms with van der Waals surface area (Å²) in [7, 11) is 1.65. The van der Waals surface area contributed by atoms with Crippen molar-refractivity contribution in [2.75, 3.05) is 20.3 Å². The standard InChI is InChI=1S/C19H28N2O3.ClH/c1-23-15-7-9-16(10-8-15)24-12-4-11-20-19(22)18-13-14-5-2-3-6-17(14)21-18;/h7-10,14,17-18,21H,2-6,11-13H2,1H3,(H,20,22);1H. The van der Waals surface area contributed by atoms with E-state index in [-0.39, 0.29) is 24.4 Å². The normalized spacial score (nSPS) is 24.8. The number of ether oxygens (including phenoxy) is 2. The molecule has 2 fully saturated rings. The third-order valence-electron chi connectivity index (χ3n) is 5.13. The molecule has 3 unspecified atom stereocenters. The molecule has 6 heteroatoms. The van der Waals surface area contributed by atoms with E-state index in [9.17, 15) is 4.79 Å². The van der Waals surface area contributed by atoms with Crippen LogP contribution in [0.4, 0.5) is 0 Å². The van der Waals surface area contributed by atoms with Crippen LogP contribution in [0.25, 0.3) is 0 Å². The first-order chi connectivity index (χ1) is 11.8. The van der Waals surface area contributed by atoms with Crippen LogP contribution in [0, 0.1) is 5.92 Å². The SMILES string of the molecule is COc1ccc(OCCCNC(=O)C2CC3CCCCC3N2)cc1.Cl. The van der Waals surface area contributed by atoms with Gasteiger partial charge >= 0.3 is 0 Å². The predicted octanol–water partition coefficient (Wildman–Crippen LogP) is 2.92. The largest absolute Gasteiger partial charge is 0.497 e. The first-order valence-electron chi connectivity index (χ1n) is 9.07. The highest BCUT2D eigenvalue weighted by molar-refractivity contribution is 5.85. The van der Waals surface area contributed by atoms with Crippen molar-refractivity contribution in [2.45, 2.75) is 50.6 Å². The van der Waals surface area contributed by atoms with E-state index in [1.807, 2.05) is 24.3 Å². The highest BCUT2D eigenvalue weighted by atomic mass is 35.5. The smallest absolute Gasteiger partial charge is 0.237 e. The van der Waals surface area contributed by atoms with Crippen LogP contribution in [-0.4, -0.2) is 38.3 Å². The molecule has 1 aliphatic carbocycles. The molecule has 1 aromatic rings. The Morgan fingerprint density at radius 1 is 1.20 bits per heavy atom. The summed E-state index contributed by atoms with van der Waals surface area (Å²) in [6, 6.07) is 8.10. The number of benzene rings is 1. The van der Waals surface area contributed by atoms with Crippen LogP contribution in [-0.2, 0) is 4.79 Å². The van der Waals surface area contributed by atoms with Crippen molar-refractivity contribution < 1.29 is 14.3 Å². The summed E-state index contributed by atoms with van der Waals surface area (Å²) in [5, 5.41) is 6.55. The molecule has 0 bridgehead atoms. The van der Waals surface area contributed by atoms with Crippen LogP contribution in [0.15, 0.2) is 24.3 Å². The van der Waals surface area contributed by atoms with Crippen molar-refractivity contribution in [3.05, 3.63) is 24.3 Å². The Morgan fingerprint density at radius 2 is 1.92 bits per heavy atom. The number of carbonyl (C=O) groups excluding carboxylic acids is 1. The molecule has 3 atom stereocenters. The molecular weight excluding hydrogens is 340 g/mol. The van der Waals surface area contributed by atoms with Crippen LogP contribution >= 0.6 is 12.4 Å². The lowest BCUT2D eigenvalue weighted by Gasteiger charge is -2.24. The van der Waals surface area contributed by atoms with E-state index in [1.54, 1.807) is 7.11 Å². The first-order valence-corrected chi connectivity index (χ1v) is 9.07. The zero-order valence-corrected chi connectivity index (χ0v) is 15.6. The summed E-state index contributed by atoms with van der Waals surface area (Å²) < 4.78 is 10.8. The fraction of sp³-hybridized carbons (Fsp3) is 0.632. The second-order valence-corrected chi connectivity index (χ2v) is 6.77. The third-order valence-corrected chi connectivity index (χ3v) is 5.13. The zero-order valence-electron chi connectivity index (χ0n) is 14.8. The van der Waals surface area contributed by atoms with Gasteiger partial charge in [-0.15, -0.1) is 12.4 Å². The maximum atomic E-state index is 12.3. The van der Waals surface area contributed by atoms with Crippen molar-refractivity contribution in [2.24, 2.45) is 5.92 Å². The first kappa shape index (κ1) is 19.9. The second-order valence-electron chi connectivity index (χ2n) is 6.77. The van der Waals surface area contributed by atoms with Crippen molar-refractivity contribution in [1.82, 2.24) is 10.6 Å². The molecule has 5 nitrogen and oxygen atoms in total. The molecule has 1 amide bonds. The molecule has 0 radical (unpaired) electrons. The fourth-order valence-corrected chi connectivity index (χ4v) is 3.79. The molecule has 25 heavy (non-hydrogen) atoms. The number of halogens is 1. The molecule has 2 aliphatic rings. The van der Waals surface area contributed by atoms with E-state index in [0.29, 0.717) is 25.1 Å². The monoisotopic (exact) mass is 368 g/mol. The predicted molar refractivity (Wildman–Crippen MR) is 101 cm³/mol. The van der Waals surface area contributed by atoms with E-state index < -0.39 is 0 Å². The number of fused-ring (bicyclic) bond motifs is 1. The van der Waals surface area contributed by atoms with E-state index in [1.165, 1.54) is 25.7 Å². The Kier molecular flexibility index (Phi) is 7.85. The highest BCUT2D eigenvalue weighted by Crippen LogP contribution is 2.33. The number of carbonyl (C=O) groups is 1. The topological polar surface area (TPSA) is 59.6 Å². The van der Waals surface area contributed by atoms with Crippen molar-refractivity contribution in [3.63, 3.8) is 0 Å². The second kappa shape index (κ2) is 9.88. The summed E-state index contributed by atoms with van der Waals surface area (Å²) in [6.45, 7) is 1.25. The van der Waals surface area contributed by atoms with Gasteiger partial charge in [0.25, 0.3) is 0 Å². The van der Waals surface area contributed by atoms with Crippen LogP contribution in [0.5, 0.6) is 11.5 Å². The summed E-state index contributed by atoms with van der Waals surface area (Å²) in [5.74, 6) is 2.49. The summed E-state index contributed by atoms with van der Waals surface area (Å²) in [5.41, 5.74) is 0. The maximum absolute atomic E-state index is 12.3. The Hall–Kier alpha value is -1.46. The summed E-state index contributed by atoms with van der Waals surface area (Å²) in [6.07, 6.45) is 6.92. The van der Waals surface area contributed by atoms with Gasteiger partial charge in [-0.05, 0) is 55.9 Å². The van der Waals surface area contributed by atoms with Crippen LogP contribution in [0.1, 0.15) is 38.5 Å². The third kappa shape index (κ3) is 5.51. The van der Waals surface area contributed by atoms with Gasteiger partial charge in [0, 0.05) is 12.6 Å². The van der Waals surface area contributed by atoms with E-state index >= 15 is 0 Å². The average molecular weight is 369 g/mol.